The summed E-state index contributed by atoms with van der Waals surface area (Å²) in [5.41, 5.74) is 4.25. The Bertz CT molecular complexity index is 941. The summed E-state index contributed by atoms with van der Waals surface area (Å²) in [6.45, 7) is 1.92. The summed E-state index contributed by atoms with van der Waals surface area (Å²) in [6.07, 6.45) is 1.87. The summed E-state index contributed by atoms with van der Waals surface area (Å²) in [4.78, 5) is 14.1. The quantitative estimate of drug-likeness (QED) is 0.657. The first kappa shape index (κ1) is 15.9. The molecule has 2 aromatic heterocycles. The van der Waals surface area contributed by atoms with Crippen LogP contribution in [0.4, 0.5) is 0 Å². The number of rotatable bonds is 4. The van der Waals surface area contributed by atoms with Crippen LogP contribution < -0.4 is 4.74 Å². The summed E-state index contributed by atoms with van der Waals surface area (Å²) < 4.78 is 15.6. The van der Waals surface area contributed by atoms with E-state index in [1.807, 2.05) is 12.1 Å². The van der Waals surface area contributed by atoms with Gasteiger partial charge in [-0.25, -0.2) is 4.79 Å². The number of carbonyl (C=O) groups is 1. The van der Waals surface area contributed by atoms with Gasteiger partial charge in [-0.2, -0.15) is 0 Å². The maximum Gasteiger partial charge on any atom is 0.348 e. The smallest absolute Gasteiger partial charge is 0.348 e. The van der Waals surface area contributed by atoms with Crippen molar-refractivity contribution in [2.45, 2.75) is 26.4 Å². The van der Waals surface area contributed by atoms with Gasteiger partial charge in [0.25, 0.3) is 0 Å². The van der Waals surface area contributed by atoms with E-state index in [0.717, 1.165) is 23.5 Å². The van der Waals surface area contributed by atoms with Crippen molar-refractivity contribution in [1.29, 1.82) is 0 Å². The van der Waals surface area contributed by atoms with Gasteiger partial charge in [-0.1, -0.05) is 5.16 Å². The number of methoxy groups -OCH3 is 1. The summed E-state index contributed by atoms with van der Waals surface area (Å²) in [5, 5.41) is 3.83. The SMILES string of the molecule is COc1ccc2c(c1)CCc1cc(C(=O)OCc3cc(C)on3)sc1-2. The maximum absolute atomic E-state index is 12.4. The Morgan fingerprint density at radius 2 is 2.08 bits per heavy atom. The highest BCUT2D eigenvalue weighted by atomic mass is 32.1. The largest absolute Gasteiger partial charge is 0.497 e. The normalized spacial score (nSPS) is 12.4. The van der Waals surface area contributed by atoms with Crippen molar-refractivity contribution in [2.75, 3.05) is 7.11 Å². The molecule has 0 unspecified atom stereocenters. The van der Waals surface area contributed by atoms with E-state index < -0.39 is 0 Å². The van der Waals surface area contributed by atoms with Crippen LogP contribution in [0.3, 0.4) is 0 Å². The molecule has 0 bridgehead atoms. The first-order chi connectivity index (χ1) is 12.1. The molecule has 6 heteroatoms. The molecule has 0 atom stereocenters. The minimum atomic E-state index is -0.324. The molecule has 5 nitrogen and oxygen atoms in total. The number of aryl methyl sites for hydroxylation is 3. The number of ether oxygens (including phenoxy) is 2. The number of aromatic nitrogens is 1. The Labute approximate surface area is 149 Å². The molecule has 0 spiro atoms. The molecule has 0 radical (unpaired) electrons. The van der Waals surface area contributed by atoms with Crippen LogP contribution in [0.1, 0.15) is 32.3 Å². The molecule has 3 aromatic rings. The predicted molar refractivity (Wildman–Crippen MR) is 94.1 cm³/mol. The number of carbonyl (C=O) groups excluding carboxylic acids is 1. The Morgan fingerprint density at radius 3 is 2.84 bits per heavy atom. The lowest BCUT2D eigenvalue weighted by Crippen LogP contribution is -2.03. The standard InChI is InChI=1S/C19H17NO4S/c1-11-7-14(20-24-11)10-23-19(21)17-9-13-4-3-12-8-15(22-2)5-6-16(12)18(13)25-17/h5-9H,3-4,10H2,1-2H3. The Hall–Kier alpha value is -2.60. The van der Waals surface area contributed by atoms with Gasteiger partial charge in [0.1, 0.15) is 28.7 Å². The van der Waals surface area contributed by atoms with E-state index in [4.69, 9.17) is 14.0 Å². The summed E-state index contributed by atoms with van der Waals surface area (Å²) >= 11 is 1.48. The molecule has 0 fully saturated rings. The number of fused-ring (bicyclic) bond motifs is 3. The third-order valence-corrected chi connectivity index (χ3v) is 5.45. The lowest BCUT2D eigenvalue weighted by atomic mass is 9.91. The third kappa shape index (κ3) is 3.05. The van der Waals surface area contributed by atoms with Crippen LogP contribution in [0.25, 0.3) is 10.4 Å². The Balaban J connectivity index is 1.55. The van der Waals surface area contributed by atoms with Crippen molar-refractivity contribution in [2.24, 2.45) is 0 Å². The number of hydrogen-bond acceptors (Lipinski definition) is 6. The van der Waals surface area contributed by atoms with Crippen molar-refractivity contribution in [3.8, 4) is 16.2 Å². The Morgan fingerprint density at radius 1 is 1.24 bits per heavy atom. The number of benzene rings is 1. The van der Waals surface area contributed by atoms with Crippen LogP contribution in [0, 0.1) is 6.92 Å². The fourth-order valence-corrected chi connectivity index (χ4v) is 4.20. The fourth-order valence-electron chi connectivity index (χ4n) is 3.03. The number of esters is 1. The zero-order chi connectivity index (χ0) is 17.4. The van der Waals surface area contributed by atoms with Gasteiger partial charge in [-0.3, -0.25) is 0 Å². The zero-order valence-corrected chi connectivity index (χ0v) is 14.8. The molecular formula is C19H17NO4S. The fraction of sp³-hybridized carbons (Fsp3) is 0.263. The minimum Gasteiger partial charge on any atom is -0.497 e. The van der Waals surface area contributed by atoms with E-state index in [0.29, 0.717) is 16.3 Å². The highest BCUT2D eigenvalue weighted by Gasteiger charge is 2.22. The lowest BCUT2D eigenvalue weighted by molar-refractivity contribution is 0.0470. The molecule has 25 heavy (non-hydrogen) atoms. The molecule has 2 heterocycles. The molecule has 0 N–H and O–H groups in total. The monoisotopic (exact) mass is 355 g/mol. The van der Waals surface area contributed by atoms with Gasteiger partial charge >= 0.3 is 5.97 Å². The van der Waals surface area contributed by atoms with Crippen molar-refractivity contribution >= 4 is 17.3 Å². The molecule has 1 aliphatic carbocycles. The van der Waals surface area contributed by atoms with E-state index in [1.165, 1.54) is 28.0 Å². The second kappa shape index (κ2) is 6.37. The van der Waals surface area contributed by atoms with Crippen molar-refractivity contribution < 1.29 is 18.8 Å². The van der Waals surface area contributed by atoms with Crippen LogP contribution >= 0.6 is 11.3 Å². The van der Waals surface area contributed by atoms with Crippen LogP contribution in [0.15, 0.2) is 34.9 Å². The van der Waals surface area contributed by atoms with E-state index in [9.17, 15) is 4.79 Å². The predicted octanol–water partition coefficient (Wildman–Crippen LogP) is 4.18. The van der Waals surface area contributed by atoms with Crippen LogP contribution in [-0.2, 0) is 24.2 Å². The topological polar surface area (TPSA) is 61.6 Å². The van der Waals surface area contributed by atoms with Gasteiger partial charge in [0, 0.05) is 10.9 Å². The molecule has 0 saturated carbocycles. The van der Waals surface area contributed by atoms with E-state index in [2.05, 4.69) is 17.3 Å². The lowest BCUT2D eigenvalue weighted by Gasteiger charge is -2.16. The minimum absolute atomic E-state index is 0.118. The van der Waals surface area contributed by atoms with E-state index in [-0.39, 0.29) is 12.6 Å². The van der Waals surface area contributed by atoms with Gasteiger partial charge in [-0.05, 0) is 60.7 Å². The zero-order valence-electron chi connectivity index (χ0n) is 14.0. The van der Waals surface area contributed by atoms with E-state index >= 15 is 0 Å². The van der Waals surface area contributed by atoms with Gasteiger partial charge < -0.3 is 14.0 Å². The van der Waals surface area contributed by atoms with Crippen molar-refractivity contribution in [3.05, 3.63) is 57.8 Å². The maximum atomic E-state index is 12.4. The summed E-state index contributed by atoms with van der Waals surface area (Å²) in [7, 11) is 1.67. The molecule has 0 aliphatic heterocycles. The van der Waals surface area contributed by atoms with Crippen LogP contribution in [0.5, 0.6) is 5.75 Å². The van der Waals surface area contributed by atoms with Gasteiger partial charge in [0.15, 0.2) is 0 Å². The molecular weight excluding hydrogens is 338 g/mol. The molecule has 4 rings (SSSR count). The molecule has 128 valence electrons. The highest BCUT2D eigenvalue weighted by Crippen LogP contribution is 2.41. The van der Waals surface area contributed by atoms with Crippen LogP contribution in [0.2, 0.25) is 0 Å². The van der Waals surface area contributed by atoms with Gasteiger partial charge in [0.2, 0.25) is 0 Å². The van der Waals surface area contributed by atoms with Crippen molar-refractivity contribution in [1.82, 2.24) is 5.16 Å². The van der Waals surface area contributed by atoms with Crippen LogP contribution in [-0.4, -0.2) is 18.2 Å². The third-order valence-electron chi connectivity index (χ3n) is 4.26. The first-order valence-corrected chi connectivity index (χ1v) is 8.85. The summed E-state index contributed by atoms with van der Waals surface area (Å²) in [6, 6.07) is 9.80. The van der Waals surface area contributed by atoms with Gasteiger partial charge in [-0.15, -0.1) is 11.3 Å². The second-order valence-electron chi connectivity index (χ2n) is 5.99. The molecule has 0 saturated heterocycles. The second-order valence-corrected chi connectivity index (χ2v) is 7.05. The average Bonchev–Trinajstić information content (AvgIpc) is 3.25. The Kier molecular flexibility index (Phi) is 4.05. The number of nitrogens with zero attached hydrogens (tertiary/aromatic N) is 1. The van der Waals surface area contributed by atoms with E-state index in [1.54, 1.807) is 20.1 Å². The molecule has 1 aromatic carbocycles. The summed E-state index contributed by atoms with van der Waals surface area (Å²) in [5.74, 6) is 1.24. The average molecular weight is 355 g/mol. The van der Waals surface area contributed by atoms with Crippen molar-refractivity contribution in [3.63, 3.8) is 0 Å². The number of hydrogen-bond donors (Lipinski definition) is 0. The number of thiophene rings is 1. The molecule has 1 aliphatic rings. The highest BCUT2D eigenvalue weighted by molar-refractivity contribution is 7.17. The first-order valence-electron chi connectivity index (χ1n) is 8.03. The molecule has 0 amide bonds. The van der Waals surface area contributed by atoms with Gasteiger partial charge in [0.05, 0.1) is 7.11 Å².